The van der Waals surface area contributed by atoms with Crippen molar-refractivity contribution in [1.29, 1.82) is 0 Å². The third kappa shape index (κ3) is 4.71. The molecule has 24 heavy (non-hydrogen) atoms. The first-order valence-electron chi connectivity index (χ1n) is 9.10. The second kappa shape index (κ2) is 8.49. The van der Waals surface area contributed by atoms with Gasteiger partial charge in [0.15, 0.2) is 0 Å². The molecular weight excluding hydrogens is 302 g/mol. The van der Waals surface area contributed by atoms with Gasteiger partial charge in [0.05, 0.1) is 6.10 Å². The number of rotatable bonds is 6. The average Bonchev–Trinajstić information content (AvgIpc) is 3.14. The lowest BCUT2D eigenvalue weighted by Crippen LogP contribution is -2.47. The number of nitrogens with zero attached hydrogens (tertiary/aromatic N) is 3. The second-order valence-corrected chi connectivity index (χ2v) is 6.82. The topological polar surface area (TPSA) is 36.0 Å². The van der Waals surface area contributed by atoms with E-state index in [0.717, 1.165) is 58.7 Å². The van der Waals surface area contributed by atoms with Crippen molar-refractivity contribution in [3.05, 3.63) is 30.3 Å². The van der Waals surface area contributed by atoms with Crippen LogP contribution in [0.1, 0.15) is 19.3 Å². The highest BCUT2D eigenvalue weighted by atomic mass is 16.5. The van der Waals surface area contributed by atoms with Crippen molar-refractivity contribution < 1.29 is 9.53 Å². The van der Waals surface area contributed by atoms with Crippen LogP contribution in [0.4, 0.5) is 5.69 Å². The summed E-state index contributed by atoms with van der Waals surface area (Å²) in [7, 11) is 1.90. The summed E-state index contributed by atoms with van der Waals surface area (Å²) in [6.45, 7) is 6.56. The maximum atomic E-state index is 12.3. The third-order valence-electron chi connectivity index (χ3n) is 5.06. The molecule has 0 aromatic heterocycles. The molecule has 1 aromatic carbocycles. The first-order chi connectivity index (χ1) is 11.7. The van der Waals surface area contributed by atoms with Crippen molar-refractivity contribution >= 4 is 11.6 Å². The predicted octanol–water partition coefficient (Wildman–Crippen LogP) is 1.84. The van der Waals surface area contributed by atoms with Gasteiger partial charge in [-0.05, 0) is 25.0 Å². The molecule has 5 heteroatoms. The van der Waals surface area contributed by atoms with Gasteiger partial charge in [-0.1, -0.05) is 18.2 Å². The molecule has 2 aliphatic heterocycles. The van der Waals surface area contributed by atoms with E-state index in [1.807, 2.05) is 11.9 Å². The van der Waals surface area contributed by atoms with Crippen LogP contribution in [0.5, 0.6) is 0 Å². The van der Waals surface area contributed by atoms with Gasteiger partial charge in [0.25, 0.3) is 0 Å². The summed E-state index contributed by atoms with van der Waals surface area (Å²) in [5.41, 5.74) is 1.30. The normalized spacial score (nSPS) is 21.9. The summed E-state index contributed by atoms with van der Waals surface area (Å²) in [4.78, 5) is 19.0. The Kier molecular flexibility index (Phi) is 6.10. The number of benzene rings is 1. The van der Waals surface area contributed by atoms with Gasteiger partial charge in [-0.2, -0.15) is 0 Å². The van der Waals surface area contributed by atoms with Crippen molar-refractivity contribution in [2.45, 2.75) is 25.4 Å². The molecule has 5 nitrogen and oxygen atoms in total. The minimum absolute atomic E-state index is 0.232. The Morgan fingerprint density at radius 3 is 2.62 bits per heavy atom. The predicted molar refractivity (Wildman–Crippen MR) is 96.3 cm³/mol. The molecule has 1 amide bonds. The summed E-state index contributed by atoms with van der Waals surface area (Å²) < 4.78 is 5.61. The van der Waals surface area contributed by atoms with Gasteiger partial charge in [-0.25, -0.2) is 0 Å². The van der Waals surface area contributed by atoms with Gasteiger partial charge in [0.2, 0.25) is 5.91 Å². The standard InChI is InChI=1S/C19H29N3O2/c1-20(16-18-8-5-15-24-18)19(23)9-10-21-11-13-22(14-12-21)17-6-3-2-4-7-17/h2-4,6-7,18H,5,8-16H2,1H3. The fourth-order valence-electron chi connectivity index (χ4n) is 3.51. The molecule has 2 heterocycles. The lowest BCUT2D eigenvalue weighted by molar-refractivity contribution is -0.131. The monoisotopic (exact) mass is 331 g/mol. The van der Waals surface area contributed by atoms with Crippen LogP contribution >= 0.6 is 0 Å². The van der Waals surface area contributed by atoms with E-state index < -0.39 is 0 Å². The Hall–Kier alpha value is -1.59. The number of likely N-dealkylation sites (N-methyl/N-ethyl adjacent to an activating group) is 1. The van der Waals surface area contributed by atoms with Crippen LogP contribution in [-0.4, -0.2) is 74.7 Å². The lowest BCUT2D eigenvalue weighted by Gasteiger charge is -2.36. The summed E-state index contributed by atoms with van der Waals surface area (Å²) >= 11 is 0. The molecule has 0 aliphatic carbocycles. The Balaban J connectivity index is 1.36. The molecule has 0 N–H and O–H groups in total. The Morgan fingerprint density at radius 1 is 1.21 bits per heavy atom. The molecule has 0 spiro atoms. The maximum absolute atomic E-state index is 12.3. The smallest absolute Gasteiger partial charge is 0.223 e. The highest BCUT2D eigenvalue weighted by molar-refractivity contribution is 5.76. The van der Waals surface area contributed by atoms with Crippen molar-refractivity contribution in [2.75, 3.05) is 57.8 Å². The van der Waals surface area contributed by atoms with Crippen LogP contribution < -0.4 is 4.90 Å². The van der Waals surface area contributed by atoms with Gasteiger partial charge in [0.1, 0.15) is 0 Å². The number of piperazine rings is 1. The molecule has 0 bridgehead atoms. The van der Waals surface area contributed by atoms with Gasteiger partial charge in [-0.3, -0.25) is 9.69 Å². The summed E-state index contributed by atoms with van der Waals surface area (Å²) in [5.74, 6) is 0.232. The van der Waals surface area contributed by atoms with E-state index in [0.29, 0.717) is 6.42 Å². The fourth-order valence-corrected chi connectivity index (χ4v) is 3.51. The third-order valence-corrected chi connectivity index (χ3v) is 5.06. The second-order valence-electron chi connectivity index (χ2n) is 6.82. The van der Waals surface area contributed by atoms with Crippen molar-refractivity contribution in [2.24, 2.45) is 0 Å². The van der Waals surface area contributed by atoms with E-state index in [4.69, 9.17) is 4.74 Å². The SMILES string of the molecule is CN(CC1CCCO1)C(=O)CCN1CCN(c2ccccc2)CC1. The number of carbonyl (C=O) groups is 1. The minimum atomic E-state index is 0.232. The van der Waals surface area contributed by atoms with Crippen molar-refractivity contribution in [3.8, 4) is 0 Å². The fraction of sp³-hybridized carbons (Fsp3) is 0.632. The molecule has 0 radical (unpaired) electrons. The van der Waals surface area contributed by atoms with Crippen molar-refractivity contribution in [1.82, 2.24) is 9.80 Å². The van der Waals surface area contributed by atoms with E-state index in [9.17, 15) is 4.79 Å². The largest absolute Gasteiger partial charge is 0.376 e. The number of ether oxygens (including phenoxy) is 1. The molecule has 2 saturated heterocycles. The van der Waals surface area contributed by atoms with Gasteiger partial charge in [0, 0.05) is 65.0 Å². The molecule has 1 atom stereocenters. The Labute approximate surface area is 145 Å². The number of anilines is 1. The molecule has 0 saturated carbocycles. The van der Waals surface area contributed by atoms with Gasteiger partial charge >= 0.3 is 0 Å². The van der Waals surface area contributed by atoms with Crippen LogP contribution in [0.3, 0.4) is 0 Å². The first kappa shape index (κ1) is 17.2. The van der Waals surface area contributed by atoms with Gasteiger partial charge in [-0.15, -0.1) is 0 Å². The molecule has 2 fully saturated rings. The Bertz CT molecular complexity index is 509. The molecule has 3 rings (SSSR count). The lowest BCUT2D eigenvalue weighted by atomic mass is 10.2. The first-order valence-corrected chi connectivity index (χ1v) is 9.10. The van der Waals surface area contributed by atoms with E-state index in [1.165, 1.54) is 5.69 Å². The molecular formula is C19H29N3O2. The average molecular weight is 331 g/mol. The summed E-state index contributed by atoms with van der Waals surface area (Å²) in [6, 6.07) is 10.6. The minimum Gasteiger partial charge on any atom is -0.376 e. The maximum Gasteiger partial charge on any atom is 0.223 e. The number of carbonyl (C=O) groups excluding carboxylic acids is 1. The quantitative estimate of drug-likeness (QED) is 0.797. The Morgan fingerprint density at radius 2 is 1.96 bits per heavy atom. The highest BCUT2D eigenvalue weighted by Gasteiger charge is 2.21. The van der Waals surface area contributed by atoms with E-state index in [1.54, 1.807) is 0 Å². The van der Waals surface area contributed by atoms with E-state index in [-0.39, 0.29) is 12.0 Å². The zero-order valence-corrected chi connectivity index (χ0v) is 14.7. The summed E-state index contributed by atoms with van der Waals surface area (Å²) in [6.07, 6.45) is 3.06. The van der Waals surface area contributed by atoms with Crippen LogP contribution in [0.15, 0.2) is 30.3 Å². The highest BCUT2D eigenvalue weighted by Crippen LogP contribution is 2.16. The molecule has 1 unspecified atom stereocenters. The summed E-state index contributed by atoms with van der Waals surface area (Å²) in [5, 5.41) is 0. The van der Waals surface area contributed by atoms with Crippen molar-refractivity contribution in [3.63, 3.8) is 0 Å². The van der Waals surface area contributed by atoms with Crippen LogP contribution in [0.25, 0.3) is 0 Å². The zero-order chi connectivity index (χ0) is 16.8. The van der Waals surface area contributed by atoms with E-state index in [2.05, 4.69) is 40.1 Å². The number of hydrogen-bond donors (Lipinski definition) is 0. The molecule has 132 valence electrons. The molecule has 1 aromatic rings. The van der Waals surface area contributed by atoms with E-state index >= 15 is 0 Å². The number of para-hydroxylation sites is 1. The number of hydrogen-bond acceptors (Lipinski definition) is 4. The zero-order valence-electron chi connectivity index (χ0n) is 14.7. The number of amides is 1. The van der Waals surface area contributed by atoms with Crippen LogP contribution in [0.2, 0.25) is 0 Å². The van der Waals surface area contributed by atoms with Gasteiger partial charge < -0.3 is 14.5 Å². The van der Waals surface area contributed by atoms with Crippen LogP contribution in [0, 0.1) is 0 Å². The molecule has 2 aliphatic rings. The van der Waals surface area contributed by atoms with Crippen LogP contribution in [-0.2, 0) is 9.53 Å².